The van der Waals surface area contributed by atoms with E-state index in [4.69, 9.17) is 9.47 Å². The molecule has 1 saturated carbocycles. The molecule has 20 heteroatoms. The number of hydrogen-bond acceptors (Lipinski definition) is 11. The van der Waals surface area contributed by atoms with Gasteiger partial charge in [0.2, 0.25) is 0 Å². The molecule has 1 aliphatic carbocycles. The molecule has 1 aliphatic rings. The number of carbonyl (C=O) groups excluding carboxylic acids is 2. The molecule has 0 spiro atoms. The maximum absolute atomic E-state index is 13.7. The van der Waals surface area contributed by atoms with E-state index in [0.717, 1.165) is 37.2 Å². The molecule has 262 valence electrons. The summed E-state index contributed by atoms with van der Waals surface area (Å²) in [7, 11) is -6.05. The van der Waals surface area contributed by atoms with Crippen molar-refractivity contribution in [3.8, 4) is 11.8 Å². The van der Waals surface area contributed by atoms with Crippen molar-refractivity contribution >= 4 is 43.2 Å². The standard InChI is InChI=1S/C18H18N2O5S.C12H8F3N5O3S/c1-25-16-5-3-2-4-15(16)18(22)20-26(23,24)14-10-6-12(7-11-14)17(21)19-13-8-9-13;1-23-12-16-5-8(15)10-17-11(18-20(10)12)24(21,22)19-9-6(13)3-2-4-7(9)14/h2-7,10-11,13H,8-9H2,1H3,(H,19,21)(H,20,22);2-5,19H,1H3. The lowest BCUT2D eigenvalue weighted by Crippen LogP contribution is -2.31. The normalized spacial score (nSPS) is 12.7. The van der Waals surface area contributed by atoms with E-state index < -0.39 is 59.9 Å². The van der Waals surface area contributed by atoms with Crippen LogP contribution in [0.5, 0.6) is 11.8 Å². The smallest absolute Gasteiger partial charge is 0.319 e. The topological polar surface area (TPSA) is 200 Å². The Balaban J connectivity index is 0.000000195. The fraction of sp³-hybridized carbons (Fsp3) is 0.167. The second-order valence-corrected chi connectivity index (χ2v) is 13.6. The maximum Gasteiger partial charge on any atom is 0.319 e. The number of anilines is 1. The van der Waals surface area contributed by atoms with Gasteiger partial charge in [0.1, 0.15) is 23.1 Å². The van der Waals surface area contributed by atoms with E-state index in [9.17, 15) is 39.6 Å². The first-order valence-corrected chi connectivity index (χ1v) is 17.2. The summed E-state index contributed by atoms with van der Waals surface area (Å²) < 4.78 is 104. The van der Waals surface area contributed by atoms with Crippen molar-refractivity contribution < 1.29 is 49.1 Å². The highest BCUT2D eigenvalue weighted by molar-refractivity contribution is 7.92. The number of nitrogens with zero attached hydrogens (tertiary/aromatic N) is 4. The molecule has 3 N–H and O–H groups in total. The number of halogens is 3. The molecule has 0 saturated heterocycles. The summed E-state index contributed by atoms with van der Waals surface area (Å²) >= 11 is 0. The van der Waals surface area contributed by atoms with Crippen LogP contribution in [-0.2, 0) is 20.0 Å². The van der Waals surface area contributed by atoms with Crippen molar-refractivity contribution in [3.05, 3.63) is 102 Å². The van der Waals surface area contributed by atoms with Gasteiger partial charge in [-0.3, -0.25) is 14.3 Å². The van der Waals surface area contributed by atoms with Crippen LogP contribution in [-0.4, -0.2) is 68.5 Å². The van der Waals surface area contributed by atoms with Gasteiger partial charge < -0.3 is 14.8 Å². The Bertz CT molecular complexity index is 2280. The lowest BCUT2D eigenvalue weighted by molar-refractivity contribution is 0.0948. The minimum absolute atomic E-state index is 0.108. The molecule has 0 bridgehead atoms. The lowest BCUT2D eigenvalue weighted by Gasteiger charge is -2.10. The van der Waals surface area contributed by atoms with Crippen molar-refractivity contribution in [1.29, 1.82) is 0 Å². The average molecular weight is 734 g/mol. The van der Waals surface area contributed by atoms with Crippen molar-refractivity contribution in [2.75, 3.05) is 18.9 Å². The molecule has 0 unspecified atom stereocenters. The molecule has 0 aliphatic heterocycles. The predicted octanol–water partition coefficient (Wildman–Crippen LogP) is 3.06. The van der Waals surface area contributed by atoms with Gasteiger partial charge in [-0.2, -0.15) is 17.9 Å². The van der Waals surface area contributed by atoms with Crippen molar-refractivity contribution in [3.63, 3.8) is 0 Å². The van der Waals surface area contributed by atoms with Crippen LogP contribution in [0.2, 0.25) is 0 Å². The number of rotatable bonds is 10. The fourth-order valence-corrected chi connectivity index (χ4v) is 6.10. The van der Waals surface area contributed by atoms with Crippen LogP contribution < -0.4 is 24.2 Å². The number of carbonyl (C=O) groups is 2. The highest BCUT2D eigenvalue weighted by Gasteiger charge is 2.27. The first kappa shape index (κ1) is 35.5. The third-order valence-corrected chi connectivity index (χ3v) is 9.28. The number of methoxy groups -OCH3 is 2. The zero-order chi connectivity index (χ0) is 36.2. The first-order chi connectivity index (χ1) is 23.7. The van der Waals surface area contributed by atoms with Gasteiger partial charge in [-0.05, 0) is 61.4 Å². The summed E-state index contributed by atoms with van der Waals surface area (Å²) in [6.07, 6.45) is 2.70. The molecular formula is C30H26F3N7O8S2. The van der Waals surface area contributed by atoms with Crippen LogP contribution in [0, 0.1) is 17.5 Å². The Morgan fingerprint density at radius 2 is 1.48 bits per heavy atom. The quantitative estimate of drug-likeness (QED) is 0.191. The number of amides is 2. The molecule has 2 heterocycles. The van der Waals surface area contributed by atoms with Crippen LogP contribution >= 0.6 is 0 Å². The lowest BCUT2D eigenvalue weighted by atomic mass is 10.2. The molecule has 0 atom stereocenters. The van der Waals surface area contributed by atoms with Gasteiger partial charge in [0.05, 0.1) is 30.9 Å². The monoisotopic (exact) mass is 733 g/mol. The summed E-state index contributed by atoms with van der Waals surface area (Å²) in [4.78, 5) is 31.2. The van der Waals surface area contributed by atoms with Crippen LogP contribution in [0.15, 0.2) is 83.0 Å². The summed E-state index contributed by atoms with van der Waals surface area (Å²) in [5.41, 5.74) is -0.899. The molecule has 2 amide bonds. The Labute approximate surface area is 282 Å². The van der Waals surface area contributed by atoms with Gasteiger partial charge in [0.25, 0.3) is 37.0 Å². The van der Waals surface area contributed by atoms with Crippen molar-refractivity contribution in [2.45, 2.75) is 28.9 Å². The Morgan fingerprint density at radius 3 is 2.10 bits per heavy atom. The van der Waals surface area contributed by atoms with Crippen molar-refractivity contribution in [2.24, 2.45) is 0 Å². The fourth-order valence-electron chi connectivity index (χ4n) is 4.18. The van der Waals surface area contributed by atoms with E-state index in [1.807, 2.05) is 4.72 Å². The molecule has 1 fully saturated rings. The SMILES string of the molecule is COc1ccccc1C(=O)NS(=O)(=O)c1ccc(C(=O)NC2CC2)cc1.COc1ncc(F)c2nc(S(=O)(=O)Nc3c(F)cccc3F)nn12. The summed E-state index contributed by atoms with van der Waals surface area (Å²) in [5.74, 6) is -3.98. The molecule has 15 nitrogen and oxygen atoms in total. The highest BCUT2D eigenvalue weighted by atomic mass is 32.2. The zero-order valence-corrected chi connectivity index (χ0v) is 27.6. The van der Waals surface area contributed by atoms with Crippen LogP contribution in [0.1, 0.15) is 33.6 Å². The largest absolute Gasteiger partial charge is 0.496 e. The van der Waals surface area contributed by atoms with Crippen LogP contribution in [0.25, 0.3) is 5.65 Å². The molecule has 3 aromatic carbocycles. The number of hydrogen-bond donors (Lipinski definition) is 3. The number of para-hydroxylation sites is 2. The van der Waals surface area contributed by atoms with Gasteiger partial charge >= 0.3 is 6.01 Å². The van der Waals surface area contributed by atoms with E-state index in [1.165, 1.54) is 44.6 Å². The molecule has 2 aromatic heterocycles. The summed E-state index contributed by atoms with van der Waals surface area (Å²) in [6.45, 7) is 0. The number of ether oxygens (including phenoxy) is 2. The van der Waals surface area contributed by atoms with Crippen LogP contribution in [0.3, 0.4) is 0 Å². The second-order valence-electron chi connectivity index (χ2n) is 10.3. The van der Waals surface area contributed by atoms with Gasteiger partial charge in [-0.15, -0.1) is 5.10 Å². The second kappa shape index (κ2) is 14.4. The predicted molar refractivity (Wildman–Crippen MR) is 169 cm³/mol. The molecular weight excluding hydrogens is 707 g/mol. The van der Waals surface area contributed by atoms with Crippen LogP contribution in [0.4, 0.5) is 18.9 Å². The highest BCUT2D eigenvalue weighted by Crippen LogP contribution is 2.23. The minimum atomic E-state index is -4.58. The number of benzene rings is 3. The van der Waals surface area contributed by atoms with E-state index in [-0.39, 0.29) is 34.2 Å². The van der Waals surface area contributed by atoms with E-state index in [1.54, 1.807) is 22.9 Å². The number of aromatic nitrogens is 4. The zero-order valence-electron chi connectivity index (χ0n) is 25.9. The first-order valence-electron chi connectivity index (χ1n) is 14.3. The maximum atomic E-state index is 13.7. The number of nitrogens with one attached hydrogen (secondary N) is 3. The molecule has 6 rings (SSSR count). The number of fused-ring (bicyclic) bond motifs is 1. The van der Waals surface area contributed by atoms with E-state index in [2.05, 4.69) is 20.4 Å². The molecule has 0 radical (unpaired) electrons. The average Bonchev–Trinajstić information content (AvgIpc) is 3.78. The third kappa shape index (κ3) is 7.92. The molecule has 5 aromatic rings. The van der Waals surface area contributed by atoms with Gasteiger partial charge in [0, 0.05) is 11.6 Å². The Hall–Kier alpha value is -5.76. The minimum Gasteiger partial charge on any atom is -0.496 e. The van der Waals surface area contributed by atoms with E-state index >= 15 is 0 Å². The van der Waals surface area contributed by atoms with Gasteiger partial charge in [-0.1, -0.05) is 18.2 Å². The van der Waals surface area contributed by atoms with E-state index in [0.29, 0.717) is 10.1 Å². The summed E-state index contributed by atoms with van der Waals surface area (Å²) in [5, 5.41) is 5.47. The number of sulfonamides is 2. The third-order valence-electron chi connectivity index (χ3n) is 6.81. The Morgan fingerprint density at radius 1 is 0.820 bits per heavy atom. The van der Waals surface area contributed by atoms with Gasteiger partial charge in [0.15, 0.2) is 11.5 Å². The summed E-state index contributed by atoms with van der Waals surface area (Å²) in [6, 6.07) is 14.5. The Kier molecular flexibility index (Phi) is 10.2. The van der Waals surface area contributed by atoms with Crippen molar-refractivity contribution in [1.82, 2.24) is 29.6 Å². The molecule has 50 heavy (non-hydrogen) atoms. The van der Waals surface area contributed by atoms with Gasteiger partial charge in [-0.25, -0.2) is 31.3 Å².